The highest BCUT2D eigenvalue weighted by atomic mass is 19.1. The molecule has 2 aromatic rings. The number of halogens is 1. The zero-order chi connectivity index (χ0) is 15.4. The third-order valence-corrected chi connectivity index (χ3v) is 3.24. The monoisotopic (exact) mass is 291 g/mol. The second-order valence-corrected chi connectivity index (χ2v) is 4.64. The molecule has 1 unspecified atom stereocenters. The van der Waals surface area contributed by atoms with Crippen LogP contribution in [0.5, 0.6) is 17.2 Å². The van der Waals surface area contributed by atoms with Crippen molar-refractivity contribution in [1.82, 2.24) is 0 Å². The van der Waals surface area contributed by atoms with Crippen LogP contribution in [0, 0.1) is 5.82 Å². The van der Waals surface area contributed by atoms with Gasteiger partial charge in [0.1, 0.15) is 11.5 Å². The number of hydrogen-bond donors (Lipinski definition) is 2. The smallest absolute Gasteiger partial charge is 0.166 e. The molecule has 0 saturated carbocycles. The number of aromatic hydroxyl groups is 1. The largest absolute Gasteiger partial charge is 0.505 e. The molecule has 1 atom stereocenters. The normalized spacial score (nSPS) is 11.8. The minimum absolute atomic E-state index is 0.102. The maximum atomic E-state index is 13.3. The first kappa shape index (κ1) is 15.0. The highest BCUT2D eigenvalue weighted by Crippen LogP contribution is 2.31. The molecular formula is C16H18FNO3. The van der Waals surface area contributed by atoms with Crippen molar-refractivity contribution >= 4 is 5.69 Å². The van der Waals surface area contributed by atoms with Crippen LogP contribution in [0.1, 0.15) is 18.5 Å². The minimum atomic E-state index is -0.658. The molecule has 0 bridgehead atoms. The van der Waals surface area contributed by atoms with E-state index in [4.69, 9.17) is 9.47 Å². The van der Waals surface area contributed by atoms with Gasteiger partial charge in [0.25, 0.3) is 0 Å². The van der Waals surface area contributed by atoms with Crippen LogP contribution in [0.3, 0.4) is 0 Å². The zero-order valence-corrected chi connectivity index (χ0v) is 12.2. The van der Waals surface area contributed by atoms with E-state index in [0.29, 0.717) is 17.2 Å². The summed E-state index contributed by atoms with van der Waals surface area (Å²) in [6.45, 7) is 1.94. The van der Waals surface area contributed by atoms with Gasteiger partial charge in [0, 0.05) is 23.4 Å². The Morgan fingerprint density at radius 2 is 1.86 bits per heavy atom. The quantitative estimate of drug-likeness (QED) is 0.824. The molecule has 112 valence electrons. The first-order chi connectivity index (χ1) is 10.0. The summed E-state index contributed by atoms with van der Waals surface area (Å²) in [4.78, 5) is 0. The lowest BCUT2D eigenvalue weighted by molar-refractivity contribution is 0.390. The van der Waals surface area contributed by atoms with E-state index in [-0.39, 0.29) is 11.8 Å². The van der Waals surface area contributed by atoms with E-state index < -0.39 is 5.82 Å². The van der Waals surface area contributed by atoms with E-state index >= 15 is 0 Å². The molecule has 0 amide bonds. The molecule has 0 aromatic heterocycles. The van der Waals surface area contributed by atoms with Gasteiger partial charge in [0.2, 0.25) is 0 Å². The fourth-order valence-electron chi connectivity index (χ4n) is 2.10. The van der Waals surface area contributed by atoms with E-state index in [2.05, 4.69) is 5.32 Å². The van der Waals surface area contributed by atoms with Crippen LogP contribution in [0.25, 0.3) is 0 Å². The van der Waals surface area contributed by atoms with E-state index in [1.54, 1.807) is 26.4 Å². The third kappa shape index (κ3) is 3.37. The Balaban J connectivity index is 2.23. The van der Waals surface area contributed by atoms with E-state index in [1.165, 1.54) is 12.1 Å². The van der Waals surface area contributed by atoms with Crippen LogP contribution in [-0.4, -0.2) is 19.3 Å². The van der Waals surface area contributed by atoms with Gasteiger partial charge in [0.15, 0.2) is 11.6 Å². The summed E-state index contributed by atoms with van der Waals surface area (Å²) in [5.74, 6) is 0.371. The molecule has 21 heavy (non-hydrogen) atoms. The van der Waals surface area contributed by atoms with Crippen LogP contribution in [0.2, 0.25) is 0 Å². The van der Waals surface area contributed by atoms with Crippen LogP contribution in [0.4, 0.5) is 10.1 Å². The van der Waals surface area contributed by atoms with Gasteiger partial charge in [0.05, 0.1) is 20.3 Å². The van der Waals surface area contributed by atoms with Crippen LogP contribution in [0.15, 0.2) is 36.4 Å². The SMILES string of the molecule is COc1ccc(C(C)Nc2ccc(O)c(F)c2)c(OC)c1. The van der Waals surface area contributed by atoms with Crippen molar-refractivity contribution in [3.63, 3.8) is 0 Å². The standard InChI is InChI=1S/C16H18FNO3/c1-10(18-11-4-7-15(19)14(17)8-11)13-6-5-12(20-2)9-16(13)21-3/h4-10,18-19H,1-3H3. The summed E-state index contributed by atoms with van der Waals surface area (Å²) >= 11 is 0. The lowest BCUT2D eigenvalue weighted by Gasteiger charge is -2.19. The zero-order valence-electron chi connectivity index (χ0n) is 12.2. The summed E-state index contributed by atoms with van der Waals surface area (Å²) in [7, 11) is 3.18. The third-order valence-electron chi connectivity index (χ3n) is 3.24. The van der Waals surface area contributed by atoms with E-state index in [9.17, 15) is 9.50 Å². The van der Waals surface area contributed by atoms with Gasteiger partial charge >= 0.3 is 0 Å². The molecular weight excluding hydrogens is 273 g/mol. The van der Waals surface area contributed by atoms with Crippen molar-refractivity contribution in [3.05, 3.63) is 47.8 Å². The Morgan fingerprint density at radius 1 is 1.10 bits per heavy atom. The molecule has 5 heteroatoms. The van der Waals surface area contributed by atoms with Gasteiger partial charge in [-0.3, -0.25) is 0 Å². The van der Waals surface area contributed by atoms with Crippen LogP contribution >= 0.6 is 0 Å². The number of benzene rings is 2. The van der Waals surface area contributed by atoms with Gasteiger partial charge in [-0.05, 0) is 31.2 Å². The number of phenolic OH excluding ortho intramolecular Hbond substituents is 1. The molecule has 2 N–H and O–H groups in total. The predicted molar refractivity (Wildman–Crippen MR) is 79.6 cm³/mol. The highest BCUT2D eigenvalue weighted by molar-refractivity contribution is 5.51. The van der Waals surface area contributed by atoms with Crippen molar-refractivity contribution in [2.75, 3.05) is 19.5 Å². The Kier molecular flexibility index (Phi) is 4.52. The number of ether oxygens (including phenoxy) is 2. The molecule has 0 radical (unpaired) electrons. The molecule has 0 heterocycles. The second-order valence-electron chi connectivity index (χ2n) is 4.64. The minimum Gasteiger partial charge on any atom is -0.505 e. The molecule has 0 spiro atoms. The van der Waals surface area contributed by atoms with Gasteiger partial charge in [-0.15, -0.1) is 0 Å². The summed E-state index contributed by atoms with van der Waals surface area (Å²) in [6.07, 6.45) is 0. The number of hydrogen-bond acceptors (Lipinski definition) is 4. The molecule has 0 aliphatic heterocycles. The number of rotatable bonds is 5. The van der Waals surface area contributed by atoms with E-state index in [0.717, 1.165) is 5.56 Å². The van der Waals surface area contributed by atoms with Crippen molar-refractivity contribution in [2.24, 2.45) is 0 Å². The average Bonchev–Trinajstić information content (AvgIpc) is 2.50. The lowest BCUT2D eigenvalue weighted by atomic mass is 10.1. The Morgan fingerprint density at radius 3 is 2.48 bits per heavy atom. The summed E-state index contributed by atoms with van der Waals surface area (Å²) in [6, 6.07) is 9.61. The van der Waals surface area contributed by atoms with Gasteiger partial charge < -0.3 is 19.9 Å². The van der Waals surface area contributed by atoms with Crippen molar-refractivity contribution in [1.29, 1.82) is 0 Å². The maximum absolute atomic E-state index is 13.3. The van der Waals surface area contributed by atoms with Gasteiger partial charge in [-0.2, -0.15) is 0 Å². The van der Waals surface area contributed by atoms with E-state index in [1.807, 2.05) is 19.1 Å². The predicted octanol–water partition coefficient (Wildman–Crippen LogP) is 3.72. The molecule has 2 rings (SSSR count). The number of phenols is 1. The fraction of sp³-hybridized carbons (Fsp3) is 0.250. The van der Waals surface area contributed by atoms with Crippen molar-refractivity contribution in [2.45, 2.75) is 13.0 Å². The number of nitrogens with one attached hydrogen (secondary N) is 1. The fourth-order valence-corrected chi connectivity index (χ4v) is 2.10. The second kappa shape index (κ2) is 6.35. The first-order valence-electron chi connectivity index (χ1n) is 6.52. The van der Waals surface area contributed by atoms with Crippen LogP contribution < -0.4 is 14.8 Å². The molecule has 0 saturated heterocycles. The van der Waals surface area contributed by atoms with Gasteiger partial charge in [-0.25, -0.2) is 4.39 Å². The Bertz CT molecular complexity index is 631. The average molecular weight is 291 g/mol. The highest BCUT2D eigenvalue weighted by Gasteiger charge is 2.13. The summed E-state index contributed by atoms with van der Waals surface area (Å²) < 4.78 is 23.9. The first-order valence-corrected chi connectivity index (χ1v) is 6.52. The molecule has 2 aromatic carbocycles. The summed E-state index contributed by atoms with van der Waals surface area (Å²) in [5.41, 5.74) is 1.50. The molecule has 0 aliphatic carbocycles. The van der Waals surface area contributed by atoms with Crippen LogP contribution in [-0.2, 0) is 0 Å². The number of anilines is 1. The summed E-state index contributed by atoms with van der Waals surface area (Å²) in [5, 5.41) is 12.4. The topological polar surface area (TPSA) is 50.7 Å². The lowest BCUT2D eigenvalue weighted by Crippen LogP contribution is -2.08. The van der Waals surface area contributed by atoms with Gasteiger partial charge in [-0.1, -0.05) is 0 Å². The number of methoxy groups -OCH3 is 2. The molecule has 0 aliphatic rings. The Hall–Kier alpha value is -2.43. The van der Waals surface area contributed by atoms with Crippen molar-refractivity contribution in [3.8, 4) is 17.2 Å². The molecule has 4 nitrogen and oxygen atoms in total. The maximum Gasteiger partial charge on any atom is 0.166 e. The molecule has 0 fully saturated rings. The Labute approximate surface area is 123 Å². The van der Waals surface area contributed by atoms with Crippen molar-refractivity contribution < 1.29 is 19.0 Å².